The lowest BCUT2D eigenvalue weighted by Crippen LogP contribution is -2.00. The summed E-state index contributed by atoms with van der Waals surface area (Å²) in [5.41, 5.74) is 9.22. The van der Waals surface area contributed by atoms with E-state index in [1.807, 2.05) is 0 Å². The number of nitrogens with zero attached hydrogens (tertiary/aromatic N) is 2. The number of halogens is 1. The van der Waals surface area contributed by atoms with Gasteiger partial charge in [0.25, 0.3) is 0 Å². The highest BCUT2D eigenvalue weighted by Crippen LogP contribution is 2.42. The summed E-state index contributed by atoms with van der Waals surface area (Å²) in [6.07, 6.45) is 16.0. The van der Waals surface area contributed by atoms with Crippen LogP contribution in [0.2, 0.25) is 5.02 Å². The first-order valence-corrected chi connectivity index (χ1v) is 15.1. The number of pyridine rings is 2. The lowest BCUT2D eigenvalue weighted by atomic mass is 9.90. The molecule has 0 saturated heterocycles. The molecule has 0 atom stereocenters. The average molecular weight is 535 g/mol. The normalized spacial score (nSPS) is 11.5. The van der Waals surface area contributed by atoms with E-state index in [0.717, 1.165) is 46.1 Å². The van der Waals surface area contributed by atoms with Gasteiger partial charge in [-0.3, -0.25) is 9.97 Å². The van der Waals surface area contributed by atoms with Gasteiger partial charge in [-0.1, -0.05) is 125 Å². The summed E-state index contributed by atoms with van der Waals surface area (Å²) in [4.78, 5) is 10.1. The molecule has 0 spiro atoms. The Kier molecular flexibility index (Phi) is 9.27. The molecule has 0 aliphatic carbocycles. The zero-order valence-corrected chi connectivity index (χ0v) is 24.1. The first-order valence-electron chi connectivity index (χ1n) is 14.7. The van der Waals surface area contributed by atoms with Crippen LogP contribution in [0, 0.1) is 0 Å². The molecular formula is C36H39ClN2. The summed E-state index contributed by atoms with van der Waals surface area (Å²) in [5, 5.41) is 2.86. The summed E-state index contributed by atoms with van der Waals surface area (Å²) < 4.78 is 0. The second-order valence-electron chi connectivity index (χ2n) is 10.6. The second kappa shape index (κ2) is 13.2. The first kappa shape index (κ1) is 27.3. The van der Waals surface area contributed by atoms with E-state index in [1.54, 1.807) is 0 Å². The van der Waals surface area contributed by atoms with Gasteiger partial charge >= 0.3 is 0 Å². The molecule has 3 heteroatoms. The van der Waals surface area contributed by atoms with E-state index in [9.17, 15) is 0 Å². The van der Waals surface area contributed by atoms with Crippen LogP contribution in [-0.2, 0) is 12.8 Å². The van der Waals surface area contributed by atoms with Gasteiger partial charge in [0.2, 0.25) is 0 Å². The Morgan fingerprint density at radius 2 is 1.10 bits per heavy atom. The quantitative estimate of drug-likeness (QED) is 0.117. The number of unbranched alkanes of at least 4 members (excludes halogenated alkanes) is 6. The molecule has 2 nitrogen and oxygen atoms in total. The van der Waals surface area contributed by atoms with Gasteiger partial charge in [-0.2, -0.15) is 0 Å². The molecule has 2 heterocycles. The van der Waals surface area contributed by atoms with Gasteiger partial charge in [0.05, 0.1) is 16.1 Å². The van der Waals surface area contributed by atoms with E-state index in [1.165, 1.54) is 78.3 Å². The van der Waals surface area contributed by atoms with E-state index in [4.69, 9.17) is 21.6 Å². The molecule has 0 aliphatic heterocycles. The zero-order chi connectivity index (χ0) is 27.0. The Hall–Kier alpha value is -3.23. The van der Waals surface area contributed by atoms with Crippen molar-refractivity contribution in [2.45, 2.75) is 78.1 Å². The minimum Gasteiger partial charge on any atom is -0.254 e. The number of hydrogen-bond donors (Lipinski definition) is 0. The number of fused-ring (bicyclic) bond motifs is 3. The molecule has 0 radical (unpaired) electrons. The molecule has 200 valence electrons. The van der Waals surface area contributed by atoms with Crippen molar-refractivity contribution in [3.05, 3.63) is 95.3 Å². The van der Waals surface area contributed by atoms with Crippen LogP contribution in [-0.4, -0.2) is 9.97 Å². The van der Waals surface area contributed by atoms with Crippen molar-refractivity contribution >= 4 is 33.4 Å². The van der Waals surface area contributed by atoms with E-state index in [-0.39, 0.29) is 0 Å². The van der Waals surface area contributed by atoms with Crippen LogP contribution in [0.4, 0.5) is 0 Å². The van der Waals surface area contributed by atoms with Gasteiger partial charge in [-0.15, -0.1) is 0 Å². The number of benzene rings is 3. The average Bonchev–Trinajstić information content (AvgIpc) is 2.98. The van der Waals surface area contributed by atoms with Crippen LogP contribution in [0.3, 0.4) is 0 Å². The van der Waals surface area contributed by atoms with Crippen molar-refractivity contribution in [2.75, 3.05) is 0 Å². The fourth-order valence-electron chi connectivity index (χ4n) is 5.80. The molecule has 0 fully saturated rings. The third kappa shape index (κ3) is 6.02. The minimum absolute atomic E-state index is 0.751. The fourth-order valence-corrected chi connectivity index (χ4v) is 6.10. The van der Waals surface area contributed by atoms with Crippen molar-refractivity contribution in [2.24, 2.45) is 0 Å². The summed E-state index contributed by atoms with van der Waals surface area (Å²) in [7, 11) is 0. The Bertz CT molecular complexity index is 1530. The molecular weight excluding hydrogens is 496 g/mol. The number of aromatic nitrogens is 2. The van der Waals surface area contributed by atoms with Crippen LogP contribution < -0.4 is 0 Å². The first-order chi connectivity index (χ1) is 19.2. The summed E-state index contributed by atoms with van der Waals surface area (Å²) in [5.74, 6) is 0. The number of hydrogen-bond acceptors (Lipinski definition) is 2. The number of aryl methyl sites for hydroxylation is 2. The summed E-state index contributed by atoms with van der Waals surface area (Å²) in [6, 6.07) is 23.5. The van der Waals surface area contributed by atoms with E-state index >= 15 is 0 Å². The molecule has 0 unspecified atom stereocenters. The molecule has 3 aromatic carbocycles. The molecule has 5 aromatic rings. The predicted molar refractivity (Wildman–Crippen MR) is 169 cm³/mol. The standard InChI is InChI=1S/C36H39ClN2/c1-3-5-7-11-21-28-24-38-35-30(32(28)26-17-13-9-14-18-26)23-31(37)34-33(27-19-15-10-16-20-27)29(25-39-36(34)35)22-12-8-6-4-2/h9-10,13-20,23-25H,3-8,11-12,21-22H2,1-2H3. The van der Waals surface area contributed by atoms with Gasteiger partial charge in [0, 0.05) is 23.2 Å². The smallest absolute Gasteiger partial charge is 0.0986 e. The van der Waals surface area contributed by atoms with Crippen LogP contribution in [0.5, 0.6) is 0 Å². The third-order valence-electron chi connectivity index (χ3n) is 7.81. The molecule has 2 aromatic heterocycles. The molecule has 0 bridgehead atoms. The second-order valence-corrected chi connectivity index (χ2v) is 11.1. The highest BCUT2D eigenvalue weighted by molar-refractivity contribution is 6.39. The highest BCUT2D eigenvalue weighted by atomic mass is 35.5. The summed E-state index contributed by atoms with van der Waals surface area (Å²) in [6.45, 7) is 4.51. The predicted octanol–water partition coefficient (Wildman–Crippen LogP) is 11.0. The van der Waals surface area contributed by atoms with Crippen molar-refractivity contribution in [1.82, 2.24) is 9.97 Å². The zero-order valence-electron chi connectivity index (χ0n) is 23.3. The minimum atomic E-state index is 0.751. The molecule has 39 heavy (non-hydrogen) atoms. The molecule has 0 saturated carbocycles. The SMILES string of the molecule is CCCCCCc1cnc2c(cc(Cl)c3c(-c4ccccc4)c(CCCCCC)cnc32)c1-c1ccccc1. The Balaban J connectivity index is 1.72. The van der Waals surface area contributed by atoms with Crippen molar-refractivity contribution < 1.29 is 0 Å². The molecule has 0 amide bonds. The Labute approximate surface area is 238 Å². The van der Waals surface area contributed by atoms with E-state index in [2.05, 4.69) is 93.0 Å². The Morgan fingerprint density at radius 1 is 0.590 bits per heavy atom. The van der Waals surface area contributed by atoms with Crippen LogP contribution in [0.1, 0.15) is 76.3 Å². The van der Waals surface area contributed by atoms with E-state index < -0.39 is 0 Å². The monoisotopic (exact) mass is 534 g/mol. The largest absolute Gasteiger partial charge is 0.254 e. The maximum absolute atomic E-state index is 7.24. The maximum atomic E-state index is 7.24. The van der Waals surface area contributed by atoms with Gasteiger partial charge in [0.1, 0.15) is 0 Å². The lowest BCUT2D eigenvalue weighted by Gasteiger charge is -2.18. The fraction of sp³-hybridized carbons (Fsp3) is 0.333. The lowest BCUT2D eigenvalue weighted by molar-refractivity contribution is 0.667. The maximum Gasteiger partial charge on any atom is 0.0986 e. The highest BCUT2D eigenvalue weighted by Gasteiger charge is 2.20. The molecule has 0 aliphatic rings. The van der Waals surface area contributed by atoms with Gasteiger partial charge in [-0.25, -0.2) is 0 Å². The molecule has 5 rings (SSSR count). The Morgan fingerprint density at radius 3 is 1.67 bits per heavy atom. The topological polar surface area (TPSA) is 25.8 Å². The summed E-state index contributed by atoms with van der Waals surface area (Å²) >= 11 is 7.24. The molecule has 0 N–H and O–H groups in total. The van der Waals surface area contributed by atoms with Gasteiger partial charge in [-0.05, 0) is 65.1 Å². The van der Waals surface area contributed by atoms with Crippen molar-refractivity contribution in [1.29, 1.82) is 0 Å². The van der Waals surface area contributed by atoms with Crippen LogP contribution in [0.25, 0.3) is 44.1 Å². The number of rotatable bonds is 12. The van der Waals surface area contributed by atoms with Crippen molar-refractivity contribution in [3.63, 3.8) is 0 Å². The van der Waals surface area contributed by atoms with Crippen LogP contribution >= 0.6 is 11.6 Å². The van der Waals surface area contributed by atoms with Crippen molar-refractivity contribution in [3.8, 4) is 22.3 Å². The van der Waals surface area contributed by atoms with Gasteiger partial charge < -0.3 is 0 Å². The van der Waals surface area contributed by atoms with Gasteiger partial charge in [0.15, 0.2) is 0 Å². The third-order valence-corrected chi connectivity index (χ3v) is 8.11. The van der Waals surface area contributed by atoms with Crippen LogP contribution in [0.15, 0.2) is 79.1 Å². The van der Waals surface area contributed by atoms with E-state index in [0.29, 0.717) is 0 Å².